The third-order valence-corrected chi connectivity index (χ3v) is 6.37. The van der Waals surface area contributed by atoms with Gasteiger partial charge in [0.2, 0.25) is 5.76 Å². The highest BCUT2D eigenvalue weighted by Gasteiger charge is 2.19. The van der Waals surface area contributed by atoms with Gasteiger partial charge in [-0.25, -0.2) is 14.8 Å². The lowest BCUT2D eigenvalue weighted by molar-refractivity contribution is 0.0661. The van der Waals surface area contributed by atoms with E-state index in [9.17, 15) is 4.79 Å². The number of hydrogen-bond donors (Lipinski definition) is 1. The highest BCUT2D eigenvalue weighted by atomic mass is 32.2. The van der Waals surface area contributed by atoms with E-state index in [1.807, 2.05) is 6.92 Å². The predicted molar refractivity (Wildman–Crippen MR) is 112 cm³/mol. The van der Waals surface area contributed by atoms with Crippen LogP contribution in [0.2, 0.25) is 0 Å². The SMILES string of the molecule is Cc1ccc(-c2c(C)sc3nc(C)nc(SCc4ccc(C(=O)O)o4)c23)cc1. The molecule has 0 saturated carbocycles. The average molecular weight is 411 g/mol. The molecule has 0 aliphatic rings. The number of aromatic carboxylic acids is 1. The zero-order valence-electron chi connectivity index (χ0n) is 15.6. The molecular weight excluding hydrogens is 392 g/mol. The topological polar surface area (TPSA) is 76.2 Å². The number of thiophene rings is 1. The van der Waals surface area contributed by atoms with Crippen molar-refractivity contribution in [3.05, 3.63) is 64.2 Å². The van der Waals surface area contributed by atoms with E-state index in [0.717, 1.165) is 32.2 Å². The molecule has 0 radical (unpaired) electrons. The molecule has 1 aromatic carbocycles. The Hall–Kier alpha value is -2.64. The maximum atomic E-state index is 11.0. The smallest absolute Gasteiger partial charge is 0.371 e. The Morgan fingerprint density at radius 1 is 1.11 bits per heavy atom. The van der Waals surface area contributed by atoms with Gasteiger partial charge in [-0.15, -0.1) is 11.3 Å². The van der Waals surface area contributed by atoms with Gasteiger partial charge in [0, 0.05) is 10.4 Å². The third kappa shape index (κ3) is 3.55. The maximum absolute atomic E-state index is 11.0. The summed E-state index contributed by atoms with van der Waals surface area (Å²) in [5, 5.41) is 11.0. The Balaban J connectivity index is 1.76. The fraction of sp³-hybridized carbons (Fsp3) is 0.190. The lowest BCUT2D eigenvalue weighted by Crippen LogP contribution is -1.93. The van der Waals surface area contributed by atoms with Crippen LogP contribution < -0.4 is 0 Å². The summed E-state index contributed by atoms with van der Waals surface area (Å²) in [6.45, 7) is 6.07. The summed E-state index contributed by atoms with van der Waals surface area (Å²) in [6, 6.07) is 11.6. The van der Waals surface area contributed by atoms with E-state index < -0.39 is 5.97 Å². The van der Waals surface area contributed by atoms with Crippen LogP contribution in [0.4, 0.5) is 0 Å². The number of aryl methyl sites for hydroxylation is 3. The minimum atomic E-state index is -1.06. The van der Waals surface area contributed by atoms with Gasteiger partial charge < -0.3 is 9.52 Å². The molecule has 1 N–H and O–H groups in total. The maximum Gasteiger partial charge on any atom is 0.371 e. The second-order valence-corrected chi connectivity index (χ2v) is 8.68. The number of benzene rings is 1. The van der Waals surface area contributed by atoms with Gasteiger partial charge in [-0.1, -0.05) is 41.6 Å². The monoisotopic (exact) mass is 410 g/mol. The number of fused-ring (bicyclic) bond motifs is 1. The van der Waals surface area contributed by atoms with Crippen LogP contribution >= 0.6 is 23.1 Å². The molecule has 142 valence electrons. The third-order valence-electron chi connectivity index (χ3n) is 4.37. The molecule has 3 aromatic heterocycles. The highest BCUT2D eigenvalue weighted by Crippen LogP contribution is 2.42. The van der Waals surface area contributed by atoms with Gasteiger partial charge in [-0.2, -0.15) is 0 Å². The number of carbonyl (C=O) groups is 1. The number of furan rings is 1. The number of aromatic nitrogens is 2. The van der Waals surface area contributed by atoms with Crippen LogP contribution in [-0.4, -0.2) is 21.0 Å². The predicted octanol–water partition coefficient (Wildman–Crippen LogP) is 5.87. The number of hydrogen-bond acceptors (Lipinski definition) is 6. The normalized spacial score (nSPS) is 11.2. The zero-order valence-corrected chi connectivity index (χ0v) is 17.3. The molecule has 0 unspecified atom stereocenters. The van der Waals surface area contributed by atoms with Crippen molar-refractivity contribution in [3.63, 3.8) is 0 Å². The van der Waals surface area contributed by atoms with Crippen molar-refractivity contribution in [2.45, 2.75) is 31.6 Å². The van der Waals surface area contributed by atoms with Gasteiger partial charge in [0.1, 0.15) is 21.4 Å². The summed E-state index contributed by atoms with van der Waals surface area (Å²) in [6.07, 6.45) is 0. The molecule has 0 spiro atoms. The van der Waals surface area contributed by atoms with Gasteiger partial charge >= 0.3 is 5.97 Å². The minimum absolute atomic E-state index is 0.0497. The van der Waals surface area contributed by atoms with Crippen molar-refractivity contribution in [1.82, 2.24) is 9.97 Å². The zero-order chi connectivity index (χ0) is 19.8. The Kier molecular flexibility index (Phi) is 4.95. The lowest BCUT2D eigenvalue weighted by atomic mass is 10.0. The van der Waals surface area contributed by atoms with Crippen LogP contribution in [0.5, 0.6) is 0 Å². The minimum Gasteiger partial charge on any atom is -0.475 e. The van der Waals surface area contributed by atoms with Gasteiger partial charge in [-0.3, -0.25) is 0 Å². The Labute approximate surface area is 170 Å². The van der Waals surface area contributed by atoms with Gasteiger partial charge in [0.15, 0.2) is 0 Å². The molecule has 28 heavy (non-hydrogen) atoms. The van der Waals surface area contributed by atoms with Crippen LogP contribution in [0.15, 0.2) is 45.8 Å². The van der Waals surface area contributed by atoms with Crippen molar-refractivity contribution in [2.75, 3.05) is 0 Å². The van der Waals surface area contributed by atoms with Crippen molar-refractivity contribution < 1.29 is 14.3 Å². The van der Waals surface area contributed by atoms with Crippen molar-refractivity contribution >= 4 is 39.3 Å². The van der Waals surface area contributed by atoms with E-state index in [-0.39, 0.29) is 5.76 Å². The summed E-state index contributed by atoms with van der Waals surface area (Å²) < 4.78 is 5.38. The average Bonchev–Trinajstić information content (AvgIpc) is 3.24. The number of rotatable bonds is 5. The van der Waals surface area contributed by atoms with Crippen LogP contribution in [0.25, 0.3) is 21.3 Å². The van der Waals surface area contributed by atoms with Crippen LogP contribution in [0, 0.1) is 20.8 Å². The van der Waals surface area contributed by atoms with Crippen LogP contribution in [-0.2, 0) is 5.75 Å². The quantitative estimate of drug-likeness (QED) is 0.328. The molecule has 0 aliphatic carbocycles. The molecule has 7 heteroatoms. The van der Waals surface area contributed by atoms with Gasteiger partial charge in [-0.05, 0) is 38.5 Å². The van der Waals surface area contributed by atoms with Crippen LogP contribution in [0.1, 0.15) is 32.6 Å². The molecule has 5 nitrogen and oxygen atoms in total. The molecule has 0 saturated heterocycles. The molecule has 4 aromatic rings. The van der Waals surface area contributed by atoms with Gasteiger partial charge in [0.25, 0.3) is 0 Å². The molecule has 0 bridgehead atoms. The van der Waals surface area contributed by atoms with E-state index in [1.165, 1.54) is 28.3 Å². The Morgan fingerprint density at radius 3 is 2.54 bits per heavy atom. The first-order chi connectivity index (χ1) is 13.4. The number of nitrogens with zero attached hydrogens (tertiary/aromatic N) is 2. The Bertz CT molecular complexity index is 1180. The largest absolute Gasteiger partial charge is 0.475 e. The van der Waals surface area contributed by atoms with E-state index in [0.29, 0.717) is 11.5 Å². The number of thioether (sulfide) groups is 1. The van der Waals surface area contributed by atoms with Crippen LogP contribution in [0.3, 0.4) is 0 Å². The van der Waals surface area contributed by atoms with E-state index in [4.69, 9.17) is 9.52 Å². The summed E-state index contributed by atoms with van der Waals surface area (Å²) in [5.74, 6) is 0.715. The van der Waals surface area contributed by atoms with Crippen molar-refractivity contribution in [2.24, 2.45) is 0 Å². The molecule has 4 rings (SSSR count). The molecule has 0 atom stereocenters. The standard InChI is InChI=1S/C21H18N2O3S2/c1-11-4-6-14(7-5-11)17-12(2)28-20-18(17)19(22-13(3)23-20)27-10-15-8-9-16(26-15)21(24)25/h4-9H,10H2,1-3H3,(H,24,25). The number of carboxylic acid groups (broad SMARTS) is 1. The van der Waals surface area contributed by atoms with Crippen molar-refractivity contribution in [3.8, 4) is 11.1 Å². The second-order valence-electron chi connectivity index (χ2n) is 6.52. The molecular formula is C21H18N2O3S2. The molecule has 0 fully saturated rings. The van der Waals surface area contributed by atoms with E-state index in [1.54, 1.807) is 17.4 Å². The summed E-state index contributed by atoms with van der Waals surface area (Å²) in [5.41, 5.74) is 3.53. The first-order valence-corrected chi connectivity index (χ1v) is 10.5. The fourth-order valence-electron chi connectivity index (χ4n) is 3.06. The molecule has 0 aliphatic heterocycles. The van der Waals surface area contributed by atoms with Crippen molar-refractivity contribution in [1.29, 1.82) is 0 Å². The fourth-order valence-corrected chi connectivity index (χ4v) is 5.19. The van der Waals surface area contributed by atoms with Gasteiger partial charge in [0.05, 0.1) is 11.1 Å². The number of carboxylic acids is 1. The summed E-state index contributed by atoms with van der Waals surface area (Å²) in [4.78, 5) is 22.5. The highest BCUT2D eigenvalue weighted by molar-refractivity contribution is 7.98. The molecule has 0 amide bonds. The van der Waals surface area contributed by atoms with E-state index >= 15 is 0 Å². The Morgan fingerprint density at radius 2 is 1.86 bits per heavy atom. The first kappa shape index (κ1) is 18.7. The molecule has 3 heterocycles. The first-order valence-electron chi connectivity index (χ1n) is 8.72. The summed E-state index contributed by atoms with van der Waals surface area (Å²) >= 11 is 3.21. The second kappa shape index (κ2) is 7.41. The summed E-state index contributed by atoms with van der Waals surface area (Å²) in [7, 11) is 0. The van der Waals surface area contributed by atoms with E-state index in [2.05, 4.69) is 48.1 Å². The lowest BCUT2D eigenvalue weighted by Gasteiger charge is -2.07.